The molecule has 0 saturated heterocycles. The first kappa shape index (κ1) is 43.0. The van der Waals surface area contributed by atoms with Gasteiger partial charge in [0.2, 0.25) is 0 Å². The van der Waals surface area contributed by atoms with Crippen LogP contribution in [-0.4, -0.2) is 16.4 Å². The molecule has 0 spiro atoms. The van der Waals surface area contributed by atoms with Crippen LogP contribution in [0.4, 0.5) is 0 Å². The molecule has 256 valence electrons. The molecule has 4 nitrogen and oxygen atoms in total. The summed E-state index contributed by atoms with van der Waals surface area (Å²) in [7, 11) is -4.39. The maximum Gasteiger partial charge on any atom is 0.469 e. The summed E-state index contributed by atoms with van der Waals surface area (Å²) in [6.45, 7) is 19.7. The zero-order valence-corrected chi connectivity index (χ0v) is 31.3. The van der Waals surface area contributed by atoms with Crippen LogP contribution in [0.5, 0.6) is 0 Å². The molecule has 0 aromatic carbocycles. The maximum atomic E-state index is 10.7. The standard InChI is InChI=1S/C40H67O4P/c1-33(2)17-10-18-34(3)19-11-20-35(4)21-12-22-36(5)23-13-24-37(6)25-14-26-38(7)27-15-28-39(8)29-16-30-40(9)31-32-44-45(41,42)43/h17,19,21,23,25,27,29,31H,10-16,18,20,22,24,26,28,30,32H2,1-9H3,(H2,41,42,43)/b34-19+,35-21+,36-23+,37-25+,38-27+,39-29+,40-31+. The Hall–Kier alpha value is -1.97. The molecule has 0 fully saturated rings. The van der Waals surface area contributed by atoms with E-state index in [2.05, 4.69) is 102 Å². The summed E-state index contributed by atoms with van der Waals surface area (Å²) >= 11 is 0. The van der Waals surface area contributed by atoms with Crippen molar-refractivity contribution in [3.05, 3.63) is 93.2 Å². The molecular formula is C40H67O4P. The van der Waals surface area contributed by atoms with Gasteiger partial charge in [0.25, 0.3) is 0 Å². The van der Waals surface area contributed by atoms with Gasteiger partial charge in [-0.3, -0.25) is 4.52 Å². The van der Waals surface area contributed by atoms with Gasteiger partial charge in [0.1, 0.15) is 0 Å². The van der Waals surface area contributed by atoms with Crippen LogP contribution in [0.2, 0.25) is 0 Å². The number of hydrogen-bond donors (Lipinski definition) is 2. The molecule has 0 heterocycles. The van der Waals surface area contributed by atoms with Crippen molar-refractivity contribution in [2.75, 3.05) is 6.61 Å². The van der Waals surface area contributed by atoms with Crippen LogP contribution < -0.4 is 0 Å². The third-order valence-electron chi connectivity index (χ3n) is 7.95. The van der Waals surface area contributed by atoms with Gasteiger partial charge in [-0.15, -0.1) is 0 Å². The van der Waals surface area contributed by atoms with Crippen LogP contribution in [-0.2, 0) is 9.09 Å². The number of phosphoric ester groups is 1. The Morgan fingerprint density at radius 3 is 0.867 bits per heavy atom. The molecule has 0 aromatic rings. The van der Waals surface area contributed by atoms with Gasteiger partial charge in [-0.1, -0.05) is 93.2 Å². The van der Waals surface area contributed by atoms with E-state index in [1.165, 1.54) is 51.9 Å². The van der Waals surface area contributed by atoms with Gasteiger partial charge in [0.15, 0.2) is 0 Å². The summed E-state index contributed by atoms with van der Waals surface area (Å²) in [4.78, 5) is 17.5. The average Bonchev–Trinajstić information content (AvgIpc) is 2.92. The summed E-state index contributed by atoms with van der Waals surface area (Å²) in [6.07, 6.45) is 33.8. The van der Waals surface area contributed by atoms with Crippen molar-refractivity contribution >= 4 is 7.82 Å². The second kappa shape index (κ2) is 26.1. The van der Waals surface area contributed by atoms with Gasteiger partial charge < -0.3 is 9.79 Å². The molecule has 0 aliphatic heterocycles. The van der Waals surface area contributed by atoms with Crippen LogP contribution in [0.15, 0.2) is 93.2 Å². The molecule has 0 aromatic heterocycles. The molecule has 0 rings (SSSR count). The summed E-state index contributed by atoms with van der Waals surface area (Å²) in [5.74, 6) is 0. The highest BCUT2D eigenvalue weighted by Gasteiger charge is 2.11. The largest absolute Gasteiger partial charge is 0.469 e. The van der Waals surface area contributed by atoms with Crippen LogP contribution >= 0.6 is 7.82 Å². The molecule has 0 radical (unpaired) electrons. The fourth-order valence-corrected chi connectivity index (χ4v) is 5.13. The van der Waals surface area contributed by atoms with Gasteiger partial charge in [-0.2, -0.15) is 0 Å². The first-order chi connectivity index (χ1) is 21.2. The maximum absolute atomic E-state index is 10.7. The molecule has 0 aliphatic carbocycles. The van der Waals surface area contributed by atoms with Crippen LogP contribution in [0.1, 0.15) is 152 Å². The Morgan fingerprint density at radius 2 is 0.644 bits per heavy atom. The fraction of sp³-hybridized carbons (Fsp3) is 0.600. The van der Waals surface area contributed by atoms with Crippen molar-refractivity contribution in [1.29, 1.82) is 0 Å². The lowest BCUT2D eigenvalue weighted by Gasteiger charge is -2.04. The molecule has 0 aliphatic rings. The van der Waals surface area contributed by atoms with E-state index in [0.29, 0.717) is 0 Å². The number of phosphoric acid groups is 1. The monoisotopic (exact) mass is 642 g/mol. The molecule has 0 saturated carbocycles. The lowest BCUT2D eigenvalue weighted by molar-refractivity contribution is 0.215. The Bertz CT molecular complexity index is 1130. The number of allylic oxidation sites excluding steroid dienone is 15. The van der Waals surface area contributed by atoms with E-state index in [1.54, 1.807) is 6.08 Å². The molecular weight excluding hydrogens is 575 g/mol. The van der Waals surface area contributed by atoms with E-state index >= 15 is 0 Å². The van der Waals surface area contributed by atoms with Gasteiger partial charge in [0.05, 0.1) is 6.61 Å². The minimum Gasteiger partial charge on any atom is -0.303 e. The molecule has 0 unspecified atom stereocenters. The SMILES string of the molecule is CC(C)=CCC/C(C)=C/CC/C(C)=C/CC/C(C)=C/CC/C(C)=C/CC/C(C)=C/CC/C(C)=C/CC/C(C)=C/COP(=O)(O)O. The summed E-state index contributed by atoms with van der Waals surface area (Å²) in [5.41, 5.74) is 11.3. The third-order valence-corrected chi connectivity index (χ3v) is 8.44. The molecule has 0 amide bonds. The van der Waals surface area contributed by atoms with Crippen LogP contribution in [0, 0.1) is 0 Å². The van der Waals surface area contributed by atoms with Gasteiger partial charge in [-0.25, -0.2) is 4.57 Å². The number of hydrogen-bond acceptors (Lipinski definition) is 2. The van der Waals surface area contributed by atoms with Gasteiger partial charge in [-0.05, 0) is 152 Å². The van der Waals surface area contributed by atoms with Crippen molar-refractivity contribution in [3.63, 3.8) is 0 Å². The van der Waals surface area contributed by atoms with E-state index in [9.17, 15) is 4.57 Å². The van der Waals surface area contributed by atoms with E-state index in [-0.39, 0.29) is 6.61 Å². The van der Waals surface area contributed by atoms with E-state index in [4.69, 9.17) is 9.79 Å². The van der Waals surface area contributed by atoms with Crippen molar-refractivity contribution in [2.45, 2.75) is 152 Å². The van der Waals surface area contributed by atoms with Crippen molar-refractivity contribution < 1.29 is 18.9 Å². The highest BCUT2D eigenvalue weighted by molar-refractivity contribution is 7.46. The lowest BCUT2D eigenvalue weighted by atomic mass is 10.0. The van der Waals surface area contributed by atoms with E-state index in [0.717, 1.165) is 82.6 Å². The first-order valence-electron chi connectivity index (χ1n) is 17.1. The fourth-order valence-electron chi connectivity index (χ4n) is 4.86. The Labute approximate surface area is 278 Å². The Kier molecular flexibility index (Phi) is 25.0. The second-order valence-electron chi connectivity index (χ2n) is 13.2. The lowest BCUT2D eigenvalue weighted by Crippen LogP contribution is -1.89. The molecule has 45 heavy (non-hydrogen) atoms. The molecule has 0 atom stereocenters. The minimum atomic E-state index is -4.39. The highest BCUT2D eigenvalue weighted by atomic mass is 31.2. The van der Waals surface area contributed by atoms with Crippen LogP contribution in [0.25, 0.3) is 0 Å². The summed E-state index contributed by atoms with van der Waals surface area (Å²) in [6, 6.07) is 0. The minimum absolute atomic E-state index is 0.0528. The quantitative estimate of drug-likeness (QED) is 0.0812. The summed E-state index contributed by atoms with van der Waals surface area (Å²) < 4.78 is 15.2. The molecule has 2 N–H and O–H groups in total. The molecule has 0 bridgehead atoms. The zero-order chi connectivity index (χ0) is 34.1. The van der Waals surface area contributed by atoms with Gasteiger partial charge >= 0.3 is 7.82 Å². The highest BCUT2D eigenvalue weighted by Crippen LogP contribution is 2.35. The zero-order valence-electron chi connectivity index (χ0n) is 30.4. The molecule has 5 heteroatoms. The third kappa shape index (κ3) is 30.4. The van der Waals surface area contributed by atoms with E-state index in [1.807, 2.05) is 6.92 Å². The number of rotatable bonds is 24. The van der Waals surface area contributed by atoms with Crippen molar-refractivity contribution in [1.82, 2.24) is 0 Å². The summed E-state index contributed by atoms with van der Waals surface area (Å²) in [5, 5.41) is 0. The average molecular weight is 643 g/mol. The first-order valence-corrected chi connectivity index (χ1v) is 18.6. The van der Waals surface area contributed by atoms with E-state index < -0.39 is 7.82 Å². The second-order valence-corrected chi connectivity index (χ2v) is 14.4. The van der Waals surface area contributed by atoms with Crippen LogP contribution in [0.3, 0.4) is 0 Å². The normalized spacial score (nSPS) is 14.8. The Morgan fingerprint density at radius 1 is 0.422 bits per heavy atom. The predicted molar refractivity (Wildman–Crippen MR) is 198 cm³/mol. The van der Waals surface area contributed by atoms with Gasteiger partial charge in [0, 0.05) is 0 Å². The Balaban J connectivity index is 4.21. The smallest absolute Gasteiger partial charge is 0.303 e. The topological polar surface area (TPSA) is 66.8 Å². The van der Waals surface area contributed by atoms with Crippen molar-refractivity contribution in [3.8, 4) is 0 Å². The van der Waals surface area contributed by atoms with Crippen molar-refractivity contribution in [2.24, 2.45) is 0 Å². The predicted octanol–water partition coefficient (Wildman–Crippen LogP) is 13.1.